The Labute approximate surface area is 306 Å². The SMILES string of the molecule is C[Si](C)(C)[Si]1([Si](C)(C)C)[Si](C)(C)[Si]([Si](C)(C)C)([Si](C)(C)[Si](C)(C)[Si]2([Si](C)(C)C)[Si](C)(C)[Si]([Si](C)(C)C)([Si](C)(C)C)[Si]2(C)C)[Si]1(C)C. The summed E-state index contributed by atoms with van der Waals surface area (Å²) in [7, 11) is -16.6. The summed E-state index contributed by atoms with van der Waals surface area (Å²) in [5.41, 5.74) is 0. The van der Waals surface area contributed by atoms with Gasteiger partial charge in [-0.15, -0.1) is 0 Å². The first-order valence-corrected chi connectivity index (χ1v) is 83.2. The molecule has 2 saturated heterocycles. The van der Waals surface area contributed by atoms with Crippen LogP contribution in [0.25, 0.3) is 0 Å². The van der Waals surface area contributed by atoms with E-state index in [1.165, 1.54) is 0 Å². The van der Waals surface area contributed by atoms with Crippen LogP contribution < -0.4 is 0 Å². The summed E-state index contributed by atoms with van der Waals surface area (Å²) in [6.45, 7) is 93.2. The van der Waals surface area contributed by atoms with Crippen molar-refractivity contribution in [3.05, 3.63) is 0 Å². The van der Waals surface area contributed by atoms with Crippen LogP contribution in [-0.2, 0) is 0 Å². The first kappa shape index (κ1) is 45.6. The predicted octanol–water partition coefficient (Wildman–Crippen LogP) is 11.4. The number of hydrogen-bond donors (Lipinski definition) is 0. The zero-order valence-corrected chi connectivity index (χ0v) is 54.0. The van der Waals surface area contributed by atoms with E-state index in [2.05, 4.69) is 196 Å². The van der Waals surface area contributed by atoms with Crippen molar-refractivity contribution in [2.75, 3.05) is 0 Å². The van der Waals surface area contributed by atoms with Crippen LogP contribution in [0.1, 0.15) is 0 Å². The van der Waals surface area contributed by atoms with E-state index in [4.69, 9.17) is 0 Å². The standard InChI is InChI=1S/C30H90Si16/c1-31(2,3)43(32(4,5)6)39(23,24)45(35(13,14)15,40(43,25)26)37(19,20)38(21,22)46(36(16,17)18)41(27,28)44(33(7,8)9,34(10,11)12)42(46,29)30/h1-30H3. The number of rotatable bonds is 9. The fourth-order valence-electron chi connectivity index (χ4n) is 23.6. The molecular formula is C30H90Si16. The third-order valence-corrected chi connectivity index (χ3v) is 564. The maximum atomic E-state index is 3.31. The van der Waals surface area contributed by atoms with Gasteiger partial charge in [0.05, 0.1) is 0 Å². The highest BCUT2D eigenvalue weighted by Crippen LogP contribution is 2.69. The average molecular weight is 900 g/mol. The third-order valence-electron chi connectivity index (χ3n) is 17.7. The van der Waals surface area contributed by atoms with Crippen molar-refractivity contribution in [2.24, 2.45) is 0 Å². The molecule has 2 heterocycles. The summed E-state index contributed by atoms with van der Waals surface area (Å²) in [5.74, 6) is 0. The van der Waals surface area contributed by atoms with Crippen LogP contribution in [0.2, 0.25) is 196 Å². The molecule has 0 spiro atoms. The molecule has 0 amide bonds. The Balaban J connectivity index is 3.39. The summed E-state index contributed by atoms with van der Waals surface area (Å²) >= 11 is 0. The Hall–Kier alpha value is 3.47. The quantitative estimate of drug-likeness (QED) is 0.202. The molecule has 0 nitrogen and oxygen atoms in total. The zero-order valence-electron chi connectivity index (χ0n) is 38.0. The molecule has 0 atom stereocenters. The van der Waals surface area contributed by atoms with Crippen molar-refractivity contribution < 1.29 is 0 Å². The van der Waals surface area contributed by atoms with Gasteiger partial charge in [0.1, 0.15) is 0 Å². The van der Waals surface area contributed by atoms with Gasteiger partial charge in [0.15, 0.2) is 0 Å². The summed E-state index contributed by atoms with van der Waals surface area (Å²) < 4.78 is 0. The van der Waals surface area contributed by atoms with E-state index >= 15 is 0 Å². The highest BCUT2D eigenvalue weighted by atomic mass is 30.7. The molecular weight excluding hydrogens is 810 g/mol. The van der Waals surface area contributed by atoms with Crippen LogP contribution in [-0.4, -0.2) is 113 Å². The van der Waals surface area contributed by atoms with E-state index in [1.807, 2.05) is 0 Å². The average Bonchev–Trinajstić information content (AvgIpc) is 2.56. The normalized spacial score (nSPS) is 27.0. The molecule has 2 rings (SSSR count). The van der Waals surface area contributed by atoms with Gasteiger partial charge in [-0.05, 0) is 0 Å². The second-order valence-corrected chi connectivity index (χ2v) is 232. The summed E-state index contributed by atoms with van der Waals surface area (Å²) in [6.07, 6.45) is -5.55. The van der Waals surface area contributed by atoms with Gasteiger partial charge >= 0.3 is 0 Å². The lowest BCUT2D eigenvalue weighted by atomic mass is 11.8. The van der Waals surface area contributed by atoms with Gasteiger partial charge in [0.2, 0.25) is 0 Å². The first-order valence-electron chi connectivity index (χ1n) is 19.2. The van der Waals surface area contributed by atoms with Crippen molar-refractivity contribution in [3.63, 3.8) is 0 Å². The maximum Gasteiger partial charge on any atom is 0.0308 e. The lowest BCUT2D eigenvalue weighted by molar-refractivity contribution is 1.71. The minimum absolute atomic E-state index is 1.27. The lowest BCUT2D eigenvalue weighted by Gasteiger charge is -2.93. The van der Waals surface area contributed by atoms with Crippen LogP contribution in [0.15, 0.2) is 0 Å². The second kappa shape index (κ2) is 11.0. The van der Waals surface area contributed by atoms with E-state index in [0.29, 0.717) is 0 Å². The van der Waals surface area contributed by atoms with E-state index < -0.39 is 113 Å². The molecule has 46 heavy (non-hydrogen) atoms. The van der Waals surface area contributed by atoms with Crippen LogP contribution in [0.5, 0.6) is 0 Å². The fourth-order valence-corrected chi connectivity index (χ4v) is 1220. The van der Waals surface area contributed by atoms with Crippen molar-refractivity contribution in [3.8, 4) is 0 Å². The molecule has 16 heteroatoms. The van der Waals surface area contributed by atoms with Crippen LogP contribution in [0, 0.1) is 0 Å². The van der Waals surface area contributed by atoms with E-state index in [0.717, 1.165) is 0 Å². The van der Waals surface area contributed by atoms with Crippen LogP contribution >= 0.6 is 0 Å². The molecule has 0 aromatic heterocycles. The Morgan fingerprint density at radius 2 is 0.304 bits per heavy atom. The van der Waals surface area contributed by atoms with Gasteiger partial charge in [-0.3, -0.25) is 0 Å². The molecule has 0 unspecified atom stereocenters. The van der Waals surface area contributed by atoms with Gasteiger partial charge in [-0.1, -0.05) is 196 Å². The van der Waals surface area contributed by atoms with Crippen molar-refractivity contribution in [1.29, 1.82) is 0 Å². The largest absolute Gasteiger partial charge is 0.0743 e. The first-order chi connectivity index (χ1) is 19.2. The summed E-state index contributed by atoms with van der Waals surface area (Å²) in [5, 5.41) is 0. The molecule has 0 saturated carbocycles. The van der Waals surface area contributed by atoms with Gasteiger partial charge in [0, 0.05) is 113 Å². The Bertz CT molecular complexity index is 1060. The van der Waals surface area contributed by atoms with Gasteiger partial charge in [-0.2, -0.15) is 0 Å². The van der Waals surface area contributed by atoms with Crippen LogP contribution in [0.3, 0.4) is 0 Å². The smallest absolute Gasteiger partial charge is 0.0308 e. The zero-order chi connectivity index (χ0) is 38.0. The Kier molecular flexibility index (Phi) is 10.9. The summed E-state index contributed by atoms with van der Waals surface area (Å²) in [6, 6.07) is 0. The van der Waals surface area contributed by atoms with Crippen molar-refractivity contribution in [2.45, 2.75) is 196 Å². The Morgan fingerprint density at radius 3 is 0.391 bits per heavy atom. The molecule has 0 aromatic carbocycles. The predicted molar refractivity (Wildman–Crippen MR) is 268 cm³/mol. The number of hydrogen-bond acceptors (Lipinski definition) is 0. The molecule has 2 aliphatic heterocycles. The topological polar surface area (TPSA) is 0 Å². The molecule has 0 aromatic rings. The molecule has 0 radical (unpaired) electrons. The lowest BCUT2D eigenvalue weighted by Crippen LogP contribution is -3.26. The molecule has 2 aliphatic rings. The molecule has 2 fully saturated rings. The van der Waals surface area contributed by atoms with E-state index in [-0.39, 0.29) is 0 Å². The Morgan fingerprint density at radius 1 is 0.196 bits per heavy atom. The van der Waals surface area contributed by atoms with E-state index in [9.17, 15) is 0 Å². The minimum atomic E-state index is -1.56. The summed E-state index contributed by atoms with van der Waals surface area (Å²) in [4.78, 5) is 0. The maximum absolute atomic E-state index is 3.31. The van der Waals surface area contributed by atoms with Gasteiger partial charge in [-0.25, -0.2) is 0 Å². The minimum Gasteiger partial charge on any atom is -0.0743 e. The second-order valence-electron chi connectivity index (χ2n) is 26.2. The van der Waals surface area contributed by atoms with Crippen molar-refractivity contribution >= 4 is 113 Å². The van der Waals surface area contributed by atoms with Gasteiger partial charge < -0.3 is 0 Å². The molecule has 0 aliphatic carbocycles. The highest BCUT2D eigenvalue weighted by molar-refractivity contribution is 8.50. The molecule has 0 N–H and O–H groups in total. The molecule has 0 bridgehead atoms. The highest BCUT2D eigenvalue weighted by Gasteiger charge is 2.99. The van der Waals surface area contributed by atoms with Crippen LogP contribution in [0.4, 0.5) is 0 Å². The van der Waals surface area contributed by atoms with Gasteiger partial charge in [0.25, 0.3) is 0 Å². The third kappa shape index (κ3) is 4.19. The molecule has 274 valence electrons. The van der Waals surface area contributed by atoms with E-state index in [1.54, 1.807) is 0 Å². The fraction of sp³-hybridized carbons (Fsp3) is 1.00. The van der Waals surface area contributed by atoms with Crippen molar-refractivity contribution in [1.82, 2.24) is 0 Å². The monoisotopic (exact) mass is 898 g/mol.